The Balaban J connectivity index is 1.89. The van der Waals surface area contributed by atoms with Gasteiger partial charge in [-0.1, -0.05) is 35.3 Å². The van der Waals surface area contributed by atoms with Crippen LogP contribution in [0.1, 0.15) is 29.8 Å². The van der Waals surface area contributed by atoms with Crippen LogP contribution in [-0.2, 0) is 14.9 Å². The Morgan fingerprint density at radius 3 is 2.50 bits per heavy atom. The number of benzene rings is 2. The Hall–Kier alpha value is -2.64. The van der Waals surface area contributed by atoms with E-state index in [9.17, 15) is 19.7 Å². The number of amides is 1. The lowest BCUT2D eigenvalue weighted by atomic mass is 9.85. The maximum atomic E-state index is 12.4. The zero-order chi connectivity index (χ0) is 20.9. The van der Waals surface area contributed by atoms with Crippen molar-refractivity contribution >= 4 is 40.8 Å². The molecule has 2 rings (SSSR count). The molecule has 7 nitrogen and oxygen atoms in total. The third kappa shape index (κ3) is 5.21. The molecule has 1 N–H and O–H groups in total. The molecule has 0 spiro atoms. The predicted octanol–water partition coefficient (Wildman–Crippen LogP) is 4.15. The van der Waals surface area contributed by atoms with Crippen LogP contribution in [0.15, 0.2) is 42.5 Å². The van der Waals surface area contributed by atoms with Gasteiger partial charge in [0.15, 0.2) is 0 Å². The van der Waals surface area contributed by atoms with Crippen LogP contribution in [0.5, 0.6) is 0 Å². The minimum absolute atomic E-state index is 0.0363. The molecule has 2 aromatic rings. The number of carbonyl (C=O) groups is 2. The van der Waals surface area contributed by atoms with Gasteiger partial charge in [0, 0.05) is 17.2 Å². The first-order valence-electron chi connectivity index (χ1n) is 8.28. The van der Waals surface area contributed by atoms with Crippen LogP contribution >= 0.6 is 23.2 Å². The average Bonchev–Trinajstić information content (AvgIpc) is 2.64. The number of hydrogen-bond acceptors (Lipinski definition) is 5. The molecule has 28 heavy (non-hydrogen) atoms. The van der Waals surface area contributed by atoms with Gasteiger partial charge in [0.2, 0.25) is 0 Å². The third-order valence-corrected chi connectivity index (χ3v) is 4.63. The summed E-state index contributed by atoms with van der Waals surface area (Å²) >= 11 is 11.9. The first-order chi connectivity index (χ1) is 13.1. The van der Waals surface area contributed by atoms with Gasteiger partial charge in [0.05, 0.1) is 27.5 Å². The van der Waals surface area contributed by atoms with E-state index in [0.717, 1.165) is 6.07 Å². The number of rotatable bonds is 7. The minimum Gasteiger partial charge on any atom is -0.463 e. The van der Waals surface area contributed by atoms with Crippen LogP contribution in [0.3, 0.4) is 0 Å². The summed E-state index contributed by atoms with van der Waals surface area (Å²) in [5.41, 5.74) is -0.306. The lowest BCUT2D eigenvalue weighted by Gasteiger charge is -2.23. The van der Waals surface area contributed by atoms with Crippen molar-refractivity contribution in [1.82, 2.24) is 5.32 Å². The highest BCUT2D eigenvalue weighted by atomic mass is 35.5. The van der Waals surface area contributed by atoms with Gasteiger partial charge in [-0.3, -0.25) is 19.7 Å². The van der Waals surface area contributed by atoms with Crippen molar-refractivity contribution in [3.05, 3.63) is 73.8 Å². The molecule has 2 aromatic carbocycles. The van der Waals surface area contributed by atoms with E-state index in [1.165, 1.54) is 12.1 Å². The van der Waals surface area contributed by atoms with Crippen LogP contribution in [0.25, 0.3) is 0 Å². The van der Waals surface area contributed by atoms with Crippen LogP contribution in [0.4, 0.5) is 5.69 Å². The molecule has 0 aliphatic rings. The molecule has 0 bridgehead atoms. The fraction of sp³-hybridized carbons (Fsp3) is 0.263. The van der Waals surface area contributed by atoms with E-state index < -0.39 is 22.2 Å². The van der Waals surface area contributed by atoms with Gasteiger partial charge in [0.1, 0.15) is 6.61 Å². The number of hydrogen-bond donors (Lipinski definition) is 1. The van der Waals surface area contributed by atoms with E-state index in [1.54, 1.807) is 38.1 Å². The van der Waals surface area contributed by atoms with Crippen molar-refractivity contribution in [2.75, 3.05) is 13.2 Å². The summed E-state index contributed by atoms with van der Waals surface area (Å²) in [6.45, 7) is 3.45. The zero-order valence-electron chi connectivity index (χ0n) is 15.2. The second-order valence-electron chi connectivity index (χ2n) is 6.45. The normalized spacial score (nSPS) is 11.0. The highest BCUT2D eigenvalue weighted by Crippen LogP contribution is 2.27. The Bertz CT molecular complexity index is 915. The molecule has 0 aromatic heterocycles. The Morgan fingerprint density at radius 2 is 1.89 bits per heavy atom. The van der Waals surface area contributed by atoms with E-state index in [2.05, 4.69) is 5.32 Å². The molecule has 0 radical (unpaired) electrons. The summed E-state index contributed by atoms with van der Waals surface area (Å²) < 4.78 is 5.25. The molecular formula is C19H18Cl2N2O5. The number of esters is 1. The average molecular weight is 425 g/mol. The number of non-ortho nitro benzene ring substituents is 1. The highest BCUT2D eigenvalue weighted by molar-refractivity contribution is 6.34. The number of nitro groups is 1. The molecule has 0 aliphatic carbocycles. The van der Waals surface area contributed by atoms with Crippen LogP contribution in [-0.4, -0.2) is 30.0 Å². The molecule has 0 aliphatic heterocycles. The number of nitrogens with zero attached hydrogens (tertiary/aromatic N) is 1. The zero-order valence-corrected chi connectivity index (χ0v) is 16.7. The highest BCUT2D eigenvalue weighted by Gasteiger charge is 2.31. The van der Waals surface area contributed by atoms with Crippen molar-refractivity contribution in [2.24, 2.45) is 0 Å². The van der Waals surface area contributed by atoms with E-state index in [4.69, 9.17) is 27.9 Å². The Labute approximate surface area is 171 Å². The SMILES string of the molecule is CC(C)(C(=O)OCCNC(=O)c1ccc([N+](=O)[O-])cc1Cl)c1cccc(Cl)c1. The number of nitro benzene ring substituents is 1. The molecule has 148 valence electrons. The molecule has 0 atom stereocenters. The lowest BCUT2D eigenvalue weighted by Crippen LogP contribution is -2.34. The van der Waals surface area contributed by atoms with Crippen molar-refractivity contribution in [1.29, 1.82) is 0 Å². The van der Waals surface area contributed by atoms with Gasteiger partial charge in [-0.15, -0.1) is 0 Å². The van der Waals surface area contributed by atoms with Crippen molar-refractivity contribution < 1.29 is 19.2 Å². The first kappa shape index (κ1) is 21.7. The monoisotopic (exact) mass is 424 g/mol. The minimum atomic E-state index is -0.906. The molecule has 0 heterocycles. The topological polar surface area (TPSA) is 98.5 Å². The lowest BCUT2D eigenvalue weighted by molar-refractivity contribution is -0.384. The van der Waals surface area contributed by atoms with Crippen molar-refractivity contribution in [2.45, 2.75) is 19.3 Å². The van der Waals surface area contributed by atoms with Crippen LogP contribution in [0.2, 0.25) is 10.0 Å². The predicted molar refractivity (Wildman–Crippen MR) is 106 cm³/mol. The first-order valence-corrected chi connectivity index (χ1v) is 9.04. The van der Waals surface area contributed by atoms with Crippen LogP contribution in [0, 0.1) is 10.1 Å². The summed E-state index contributed by atoms with van der Waals surface area (Å²) in [5, 5.41) is 13.7. The van der Waals surface area contributed by atoms with E-state index in [-0.39, 0.29) is 29.4 Å². The molecule has 0 saturated heterocycles. The molecule has 0 unspecified atom stereocenters. The summed E-state index contributed by atoms with van der Waals surface area (Å²) in [6.07, 6.45) is 0. The number of nitrogens with one attached hydrogen (secondary N) is 1. The van der Waals surface area contributed by atoms with Gasteiger partial charge in [0.25, 0.3) is 11.6 Å². The molecule has 0 fully saturated rings. The second-order valence-corrected chi connectivity index (χ2v) is 7.29. The van der Waals surface area contributed by atoms with Crippen LogP contribution < -0.4 is 5.32 Å². The van der Waals surface area contributed by atoms with E-state index in [1.807, 2.05) is 0 Å². The molecule has 0 saturated carbocycles. The van der Waals surface area contributed by atoms with E-state index in [0.29, 0.717) is 10.6 Å². The fourth-order valence-corrected chi connectivity index (χ4v) is 2.83. The summed E-state index contributed by atoms with van der Waals surface area (Å²) in [5.74, 6) is -0.984. The number of halogens is 2. The molecule has 1 amide bonds. The maximum absolute atomic E-state index is 12.4. The van der Waals surface area contributed by atoms with Gasteiger partial charge < -0.3 is 10.1 Å². The van der Waals surface area contributed by atoms with Crippen molar-refractivity contribution in [3.8, 4) is 0 Å². The second kappa shape index (κ2) is 9.03. The largest absolute Gasteiger partial charge is 0.463 e. The Morgan fingerprint density at radius 1 is 1.18 bits per heavy atom. The quantitative estimate of drug-likeness (QED) is 0.311. The van der Waals surface area contributed by atoms with Crippen molar-refractivity contribution in [3.63, 3.8) is 0 Å². The summed E-state index contributed by atoms with van der Waals surface area (Å²) in [4.78, 5) is 34.6. The fourth-order valence-electron chi connectivity index (χ4n) is 2.38. The standard InChI is InChI=1S/C19H18Cl2N2O5/c1-19(2,12-4-3-5-13(20)10-12)18(25)28-9-8-22-17(24)15-7-6-14(23(26)27)11-16(15)21/h3-7,10-11H,8-9H2,1-2H3,(H,22,24). The maximum Gasteiger partial charge on any atom is 0.316 e. The van der Waals surface area contributed by atoms with Gasteiger partial charge in [-0.25, -0.2) is 0 Å². The summed E-state index contributed by atoms with van der Waals surface area (Å²) in [6, 6.07) is 10.5. The Kier molecular flexibility index (Phi) is 6.99. The van der Waals surface area contributed by atoms with Gasteiger partial charge in [-0.2, -0.15) is 0 Å². The summed E-state index contributed by atoms with van der Waals surface area (Å²) in [7, 11) is 0. The van der Waals surface area contributed by atoms with Gasteiger partial charge in [-0.05, 0) is 37.6 Å². The third-order valence-electron chi connectivity index (χ3n) is 4.09. The smallest absolute Gasteiger partial charge is 0.316 e. The number of ether oxygens (including phenoxy) is 1. The van der Waals surface area contributed by atoms with Gasteiger partial charge >= 0.3 is 5.97 Å². The molecular weight excluding hydrogens is 407 g/mol. The molecule has 9 heteroatoms. The van der Waals surface area contributed by atoms with E-state index >= 15 is 0 Å². The number of carbonyl (C=O) groups excluding carboxylic acids is 2.